The summed E-state index contributed by atoms with van der Waals surface area (Å²) in [5.74, 6) is -1.50. The standard InChI is InChI=1S/C9H13BrF2/c1-4-7(5-2)9(12)8(11)6(3)10/h4-5H2,1-3H3/b8-6-. The molecule has 0 aliphatic rings. The summed E-state index contributed by atoms with van der Waals surface area (Å²) in [5.41, 5.74) is 0.520. The van der Waals surface area contributed by atoms with Crippen LogP contribution in [0.5, 0.6) is 0 Å². The predicted octanol–water partition coefficient (Wildman–Crippen LogP) is 4.63. The lowest BCUT2D eigenvalue weighted by molar-refractivity contribution is 0.528. The zero-order valence-electron chi connectivity index (χ0n) is 7.55. The highest BCUT2D eigenvalue weighted by Crippen LogP contribution is 2.26. The van der Waals surface area contributed by atoms with Gasteiger partial charge in [0.1, 0.15) is 0 Å². The van der Waals surface area contributed by atoms with Crippen LogP contribution < -0.4 is 0 Å². The zero-order chi connectivity index (χ0) is 9.72. The van der Waals surface area contributed by atoms with Gasteiger partial charge in [-0.15, -0.1) is 0 Å². The third-order valence-corrected chi connectivity index (χ3v) is 2.01. The van der Waals surface area contributed by atoms with Crippen molar-refractivity contribution in [1.82, 2.24) is 0 Å². The molecule has 0 fully saturated rings. The van der Waals surface area contributed by atoms with Gasteiger partial charge in [-0.2, -0.15) is 0 Å². The topological polar surface area (TPSA) is 0 Å². The summed E-state index contributed by atoms with van der Waals surface area (Å²) in [4.78, 5) is 0. The number of hydrogen-bond acceptors (Lipinski definition) is 0. The van der Waals surface area contributed by atoms with E-state index in [-0.39, 0.29) is 4.48 Å². The van der Waals surface area contributed by atoms with Crippen LogP contribution in [0.25, 0.3) is 0 Å². The van der Waals surface area contributed by atoms with Gasteiger partial charge in [0.15, 0.2) is 11.7 Å². The summed E-state index contributed by atoms with van der Waals surface area (Å²) >= 11 is 2.90. The van der Waals surface area contributed by atoms with Crippen molar-refractivity contribution in [3.8, 4) is 0 Å². The zero-order valence-corrected chi connectivity index (χ0v) is 9.13. The van der Waals surface area contributed by atoms with Gasteiger partial charge in [-0.05, 0) is 25.3 Å². The third-order valence-electron chi connectivity index (χ3n) is 1.66. The second-order valence-electron chi connectivity index (χ2n) is 2.47. The van der Waals surface area contributed by atoms with Crippen molar-refractivity contribution in [2.45, 2.75) is 33.6 Å². The van der Waals surface area contributed by atoms with Gasteiger partial charge in [-0.3, -0.25) is 0 Å². The van der Waals surface area contributed by atoms with Crippen LogP contribution in [0.3, 0.4) is 0 Å². The fourth-order valence-corrected chi connectivity index (χ4v) is 1.04. The first-order valence-electron chi connectivity index (χ1n) is 3.94. The van der Waals surface area contributed by atoms with Gasteiger partial charge in [0.25, 0.3) is 0 Å². The van der Waals surface area contributed by atoms with E-state index in [1.807, 2.05) is 13.8 Å². The predicted molar refractivity (Wildman–Crippen MR) is 51.5 cm³/mol. The number of allylic oxidation sites excluding steroid dienone is 4. The first-order valence-corrected chi connectivity index (χ1v) is 4.73. The molecule has 12 heavy (non-hydrogen) atoms. The van der Waals surface area contributed by atoms with Crippen molar-refractivity contribution < 1.29 is 8.78 Å². The highest BCUT2D eigenvalue weighted by Gasteiger charge is 2.10. The molecule has 0 spiro atoms. The minimum Gasteiger partial charge on any atom is -0.204 e. The van der Waals surface area contributed by atoms with E-state index in [1.165, 1.54) is 6.92 Å². The van der Waals surface area contributed by atoms with E-state index in [2.05, 4.69) is 15.9 Å². The molecule has 0 atom stereocenters. The van der Waals surface area contributed by atoms with Crippen LogP contribution in [0.1, 0.15) is 33.6 Å². The third kappa shape index (κ3) is 3.05. The lowest BCUT2D eigenvalue weighted by Crippen LogP contribution is -1.86. The van der Waals surface area contributed by atoms with E-state index in [0.717, 1.165) is 0 Å². The van der Waals surface area contributed by atoms with Crippen molar-refractivity contribution in [3.05, 3.63) is 21.7 Å². The van der Waals surface area contributed by atoms with Crippen molar-refractivity contribution in [2.24, 2.45) is 0 Å². The molecule has 0 aliphatic heterocycles. The van der Waals surface area contributed by atoms with Gasteiger partial charge in [0.2, 0.25) is 0 Å². The summed E-state index contributed by atoms with van der Waals surface area (Å²) in [6, 6.07) is 0. The lowest BCUT2D eigenvalue weighted by Gasteiger charge is -2.02. The molecular weight excluding hydrogens is 226 g/mol. The normalized spacial score (nSPS) is 12.5. The summed E-state index contributed by atoms with van der Waals surface area (Å²) in [5, 5.41) is 0. The van der Waals surface area contributed by atoms with E-state index < -0.39 is 11.7 Å². The van der Waals surface area contributed by atoms with Crippen molar-refractivity contribution >= 4 is 15.9 Å². The van der Waals surface area contributed by atoms with E-state index in [0.29, 0.717) is 18.4 Å². The molecule has 0 rings (SSSR count). The molecule has 0 aromatic rings. The fraction of sp³-hybridized carbons (Fsp3) is 0.556. The summed E-state index contributed by atoms with van der Waals surface area (Å²) < 4.78 is 26.3. The maximum absolute atomic E-state index is 13.1. The molecule has 0 radical (unpaired) electrons. The number of rotatable bonds is 3. The first-order chi connectivity index (χ1) is 5.54. The molecule has 0 saturated carbocycles. The SMILES string of the molecule is CCC(CC)=C(F)/C(F)=C(\C)Br. The summed E-state index contributed by atoms with van der Waals surface area (Å²) in [6.45, 7) is 5.11. The van der Waals surface area contributed by atoms with Gasteiger partial charge >= 0.3 is 0 Å². The molecule has 70 valence electrons. The van der Waals surface area contributed by atoms with E-state index in [1.54, 1.807) is 0 Å². The minimum atomic E-state index is -0.784. The van der Waals surface area contributed by atoms with Crippen LogP contribution in [0, 0.1) is 0 Å². The second-order valence-corrected chi connectivity index (χ2v) is 3.66. The van der Waals surface area contributed by atoms with Gasteiger partial charge in [-0.1, -0.05) is 29.8 Å². The average Bonchev–Trinajstić information content (AvgIpc) is 2.05. The van der Waals surface area contributed by atoms with Gasteiger partial charge < -0.3 is 0 Å². The number of halogens is 3. The molecule has 0 N–H and O–H groups in total. The van der Waals surface area contributed by atoms with Gasteiger partial charge in [-0.25, -0.2) is 8.78 Å². The minimum absolute atomic E-state index is 0.208. The Labute approximate surface area is 80.5 Å². The Bertz CT molecular complexity index is 207. The maximum atomic E-state index is 13.1. The highest BCUT2D eigenvalue weighted by molar-refractivity contribution is 9.11. The molecule has 3 heteroatoms. The first kappa shape index (κ1) is 11.8. The maximum Gasteiger partial charge on any atom is 0.168 e. The molecular formula is C9H13BrF2. The van der Waals surface area contributed by atoms with Gasteiger partial charge in [0.05, 0.1) is 0 Å². The van der Waals surface area contributed by atoms with Crippen LogP contribution in [-0.4, -0.2) is 0 Å². The fourth-order valence-electron chi connectivity index (χ4n) is 0.867. The molecule has 0 aliphatic carbocycles. The second kappa shape index (κ2) is 5.46. The Morgan fingerprint density at radius 3 is 1.75 bits per heavy atom. The number of hydrogen-bond donors (Lipinski definition) is 0. The Hall–Kier alpha value is -0.180. The lowest BCUT2D eigenvalue weighted by atomic mass is 10.1. The van der Waals surface area contributed by atoms with Crippen LogP contribution in [0.4, 0.5) is 8.78 Å². The highest BCUT2D eigenvalue weighted by atomic mass is 79.9. The Kier molecular flexibility index (Phi) is 5.38. The largest absolute Gasteiger partial charge is 0.204 e. The van der Waals surface area contributed by atoms with Crippen LogP contribution >= 0.6 is 15.9 Å². The Balaban J connectivity index is 4.88. The van der Waals surface area contributed by atoms with Crippen LogP contribution in [-0.2, 0) is 0 Å². The monoisotopic (exact) mass is 238 g/mol. The summed E-state index contributed by atoms with van der Waals surface area (Å²) in [6.07, 6.45) is 1.10. The van der Waals surface area contributed by atoms with Crippen molar-refractivity contribution in [2.75, 3.05) is 0 Å². The average molecular weight is 239 g/mol. The Morgan fingerprint density at radius 1 is 1.08 bits per heavy atom. The van der Waals surface area contributed by atoms with Crippen LogP contribution in [0.15, 0.2) is 21.7 Å². The van der Waals surface area contributed by atoms with Crippen LogP contribution in [0.2, 0.25) is 0 Å². The molecule has 0 nitrogen and oxygen atoms in total. The Morgan fingerprint density at radius 2 is 1.50 bits per heavy atom. The van der Waals surface area contributed by atoms with E-state index >= 15 is 0 Å². The van der Waals surface area contributed by atoms with Crippen molar-refractivity contribution in [3.63, 3.8) is 0 Å². The molecule has 0 aromatic heterocycles. The van der Waals surface area contributed by atoms with E-state index in [9.17, 15) is 8.78 Å². The molecule has 0 unspecified atom stereocenters. The molecule has 0 bridgehead atoms. The summed E-state index contributed by atoms with van der Waals surface area (Å²) in [7, 11) is 0. The quantitative estimate of drug-likeness (QED) is 0.630. The molecule has 0 aromatic carbocycles. The van der Waals surface area contributed by atoms with Gasteiger partial charge in [0, 0.05) is 4.48 Å². The molecule has 0 heterocycles. The molecule has 0 amide bonds. The molecule has 0 saturated heterocycles. The van der Waals surface area contributed by atoms with Crippen molar-refractivity contribution in [1.29, 1.82) is 0 Å². The smallest absolute Gasteiger partial charge is 0.168 e. The van der Waals surface area contributed by atoms with E-state index in [4.69, 9.17) is 0 Å².